The van der Waals surface area contributed by atoms with Crippen molar-refractivity contribution in [3.63, 3.8) is 0 Å². The minimum Gasteiger partial charge on any atom is -0.429 e. The highest BCUT2D eigenvalue weighted by Gasteiger charge is 2.02. The summed E-state index contributed by atoms with van der Waals surface area (Å²) in [5, 5.41) is 30.5. The molecular weight excluding hydrogens is 134 g/mol. The molecule has 6 heteroatoms. The zero-order chi connectivity index (χ0) is 8.41. The maximum absolute atomic E-state index is 8.24. The van der Waals surface area contributed by atoms with Crippen LogP contribution < -0.4 is 0 Å². The molecule has 0 aromatic heterocycles. The fourth-order valence-electron chi connectivity index (χ4n) is 0.387. The van der Waals surface area contributed by atoms with Crippen molar-refractivity contribution in [1.82, 2.24) is 0 Å². The molecule has 4 nitrogen and oxygen atoms in total. The van der Waals surface area contributed by atoms with E-state index >= 15 is 0 Å². The van der Waals surface area contributed by atoms with Gasteiger partial charge in [-0.3, -0.25) is 0 Å². The molecule has 0 heterocycles. The third-order valence-corrected chi connectivity index (χ3v) is 0.816. The van der Waals surface area contributed by atoms with E-state index in [9.17, 15) is 0 Å². The topological polar surface area (TPSA) is 80.9 Å². The molecule has 1 radical (unpaired) electrons. The van der Waals surface area contributed by atoms with Crippen molar-refractivity contribution in [2.45, 2.75) is 26.1 Å². The van der Waals surface area contributed by atoms with Gasteiger partial charge in [0, 0.05) is 0 Å². The minimum absolute atomic E-state index is 0. The van der Waals surface area contributed by atoms with Crippen LogP contribution in [-0.4, -0.2) is 34.9 Å². The Morgan fingerprint density at radius 1 is 1.30 bits per heavy atom. The van der Waals surface area contributed by atoms with Crippen LogP contribution in [0, 0.1) is 0 Å². The lowest BCUT2D eigenvalue weighted by Gasteiger charge is -1.91. The molecule has 0 aromatic rings. The van der Waals surface area contributed by atoms with E-state index < -0.39 is 7.12 Å². The second-order valence-corrected chi connectivity index (χ2v) is 1.74. The summed E-state index contributed by atoms with van der Waals surface area (Å²) in [5.41, 5.74) is 0. The molecule has 0 aromatic carbocycles. The maximum atomic E-state index is 8.24. The first kappa shape index (κ1) is 12.6. The van der Waals surface area contributed by atoms with Crippen LogP contribution in [0.25, 0.3) is 0 Å². The fraction of sp³-hybridized carbons (Fsp3) is 1.00. The Bertz CT molecular complexity index is 52.5. The molecule has 0 amide bonds. The largest absolute Gasteiger partial charge is 0.482 e. The number of hydrogen-bond acceptors (Lipinski definition) is 4. The van der Waals surface area contributed by atoms with Crippen molar-refractivity contribution in [1.29, 1.82) is 0 Å². The minimum atomic E-state index is -1.10. The molecule has 0 aliphatic rings. The molecule has 0 saturated heterocycles. The molecule has 0 rings (SSSR count). The highest BCUT2D eigenvalue weighted by Crippen LogP contribution is 1.94. The van der Waals surface area contributed by atoms with Crippen LogP contribution >= 0.6 is 0 Å². The van der Waals surface area contributed by atoms with E-state index in [2.05, 4.69) is 0 Å². The Balaban J connectivity index is 0. The van der Waals surface area contributed by atoms with E-state index in [0.29, 0.717) is 6.32 Å². The van der Waals surface area contributed by atoms with Crippen LogP contribution in [0.4, 0.5) is 0 Å². The lowest BCUT2D eigenvalue weighted by Crippen LogP contribution is -2.08. The maximum Gasteiger partial charge on any atom is 0.482 e. The Hall–Kier alpha value is -0.0301. The molecule has 4 N–H and O–H groups in total. The number of unbranched alkanes of at least 4 members (excludes halogenated alkanes) is 1. The third-order valence-electron chi connectivity index (χ3n) is 0.816. The molecule has 10 heavy (non-hydrogen) atoms. The van der Waals surface area contributed by atoms with Gasteiger partial charge < -0.3 is 20.1 Å². The van der Waals surface area contributed by atoms with Crippen LogP contribution in [0.15, 0.2) is 0 Å². The van der Waals surface area contributed by atoms with Crippen molar-refractivity contribution in [3.05, 3.63) is 0 Å². The van der Waals surface area contributed by atoms with E-state index in [0.717, 1.165) is 12.8 Å². The smallest absolute Gasteiger partial charge is 0.429 e. The van der Waals surface area contributed by atoms with Gasteiger partial charge in [-0.2, -0.15) is 0 Å². The monoisotopic (exact) mass is 147 g/mol. The van der Waals surface area contributed by atoms with Crippen LogP contribution in [0.1, 0.15) is 19.8 Å². The van der Waals surface area contributed by atoms with Gasteiger partial charge in [0.2, 0.25) is 0 Å². The first-order valence-corrected chi connectivity index (χ1v) is 3.15. The summed E-state index contributed by atoms with van der Waals surface area (Å²) in [6.07, 6.45) is 2.44. The van der Waals surface area contributed by atoms with E-state index in [1.165, 1.54) is 0 Å². The Labute approximate surface area is 62.0 Å². The van der Waals surface area contributed by atoms with Crippen molar-refractivity contribution in [2.24, 2.45) is 0 Å². The van der Waals surface area contributed by atoms with Gasteiger partial charge in [0.15, 0.2) is 0 Å². The van der Waals surface area contributed by atoms with E-state index in [1.54, 1.807) is 0 Å². The number of rotatable bonds is 3. The van der Waals surface area contributed by atoms with Gasteiger partial charge in [0.1, 0.15) is 0 Å². The average Bonchev–Trinajstić information content (AvgIpc) is 1.85. The molecule has 0 atom stereocenters. The van der Waals surface area contributed by atoms with Gasteiger partial charge in [-0.1, -0.05) is 19.8 Å². The zero-order valence-electron chi connectivity index (χ0n) is 6.06. The predicted octanol–water partition coefficient (Wildman–Crippen LogP) is -1.24. The molecular formula is C4H13B2O4. The second kappa shape index (κ2) is 11.7. The Morgan fingerprint density at radius 2 is 1.70 bits per heavy atom. The van der Waals surface area contributed by atoms with Crippen molar-refractivity contribution in [3.8, 4) is 0 Å². The van der Waals surface area contributed by atoms with Gasteiger partial charge in [0.25, 0.3) is 0 Å². The molecule has 0 fully saturated rings. The van der Waals surface area contributed by atoms with Crippen LogP contribution in [0.5, 0.6) is 0 Å². The summed E-state index contributed by atoms with van der Waals surface area (Å²) in [7, 11) is -1.10. The van der Waals surface area contributed by atoms with Crippen molar-refractivity contribution in [2.75, 3.05) is 0 Å². The summed E-state index contributed by atoms with van der Waals surface area (Å²) in [6, 6.07) is 0. The molecule has 0 unspecified atom stereocenters. The summed E-state index contributed by atoms with van der Waals surface area (Å²) in [6.45, 7) is 2.02. The van der Waals surface area contributed by atoms with Crippen molar-refractivity contribution < 1.29 is 20.1 Å². The summed E-state index contributed by atoms with van der Waals surface area (Å²) < 4.78 is 0. The SMILES string of the molecule is CCCCB(O)O.O[B]O. The molecule has 0 aliphatic heterocycles. The van der Waals surface area contributed by atoms with Crippen LogP contribution in [0.3, 0.4) is 0 Å². The van der Waals surface area contributed by atoms with Gasteiger partial charge in [-0.15, -0.1) is 0 Å². The molecule has 0 aliphatic carbocycles. The van der Waals surface area contributed by atoms with Gasteiger partial charge in [-0.05, 0) is 6.32 Å². The summed E-state index contributed by atoms with van der Waals surface area (Å²) in [4.78, 5) is 0. The van der Waals surface area contributed by atoms with Gasteiger partial charge >= 0.3 is 14.8 Å². The first-order valence-electron chi connectivity index (χ1n) is 3.15. The van der Waals surface area contributed by atoms with Crippen LogP contribution in [-0.2, 0) is 0 Å². The second-order valence-electron chi connectivity index (χ2n) is 1.74. The van der Waals surface area contributed by atoms with Gasteiger partial charge in [-0.25, -0.2) is 0 Å². The molecule has 0 bridgehead atoms. The third kappa shape index (κ3) is 24.6. The van der Waals surface area contributed by atoms with Crippen molar-refractivity contribution >= 4 is 14.8 Å². The predicted molar refractivity (Wildman–Crippen MR) is 40.1 cm³/mol. The normalized spacial score (nSPS) is 7.70. The highest BCUT2D eigenvalue weighted by atomic mass is 16.4. The Kier molecular flexibility index (Phi) is 14.8. The van der Waals surface area contributed by atoms with E-state index in [-0.39, 0.29) is 7.69 Å². The summed E-state index contributed by atoms with van der Waals surface area (Å²) >= 11 is 0. The van der Waals surface area contributed by atoms with E-state index in [1.807, 2.05) is 6.92 Å². The molecule has 0 spiro atoms. The lowest BCUT2D eigenvalue weighted by atomic mass is 9.84. The molecule has 0 saturated carbocycles. The van der Waals surface area contributed by atoms with E-state index in [4.69, 9.17) is 20.1 Å². The lowest BCUT2D eigenvalue weighted by molar-refractivity contribution is 0.403. The molecule has 59 valence electrons. The zero-order valence-corrected chi connectivity index (χ0v) is 6.06. The number of hydrogen-bond donors (Lipinski definition) is 4. The fourth-order valence-corrected chi connectivity index (χ4v) is 0.387. The average molecular weight is 147 g/mol. The van der Waals surface area contributed by atoms with Gasteiger partial charge in [0.05, 0.1) is 0 Å². The Morgan fingerprint density at radius 3 is 1.80 bits per heavy atom. The quantitative estimate of drug-likeness (QED) is 0.376. The summed E-state index contributed by atoms with van der Waals surface area (Å²) in [5.74, 6) is 0. The van der Waals surface area contributed by atoms with Crippen LogP contribution in [0.2, 0.25) is 6.32 Å². The standard InChI is InChI=1S/C4H11BO2.BH2O2/c1-2-3-4-5(6)7;2-1-3/h6-7H,2-4H2,1H3;2-3H. The highest BCUT2D eigenvalue weighted by molar-refractivity contribution is 6.40. The first-order chi connectivity index (χ1) is 4.68.